The zero-order valence-electron chi connectivity index (χ0n) is 9.65. The van der Waals surface area contributed by atoms with Gasteiger partial charge in [0.15, 0.2) is 0 Å². The third-order valence-corrected chi connectivity index (χ3v) is 1.63. The Morgan fingerprint density at radius 1 is 1.38 bits per heavy atom. The molecule has 0 amide bonds. The molecule has 0 aromatic heterocycles. The number of hydrogen-bond acceptors (Lipinski definition) is 1. The van der Waals surface area contributed by atoms with E-state index in [2.05, 4.69) is 24.9 Å². The van der Waals surface area contributed by atoms with Gasteiger partial charge in [-0.15, -0.1) is 0 Å². The summed E-state index contributed by atoms with van der Waals surface area (Å²) >= 11 is 0. The molecule has 0 radical (unpaired) electrons. The third-order valence-electron chi connectivity index (χ3n) is 1.63. The first-order valence-corrected chi connectivity index (χ1v) is 4.96. The smallest absolute Gasteiger partial charge is 0.0366 e. The van der Waals surface area contributed by atoms with Crippen molar-refractivity contribution >= 4 is 0 Å². The molecule has 0 heterocycles. The van der Waals surface area contributed by atoms with Crippen LogP contribution in [0.5, 0.6) is 0 Å². The van der Waals surface area contributed by atoms with E-state index in [0.29, 0.717) is 0 Å². The normalized spacial score (nSPS) is 11.5. The van der Waals surface area contributed by atoms with Gasteiger partial charge in [-0.05, 0) is 25.0 Å². The monoisotopic (exact) mass is 181 g/mol. The third kappa shape index (κ3) is 6.21. The summed E-state index contributed by atoms with van der Waals surface area (Å²) in [6, 6.07) is 0. The number of rotatable bonds is 4. The highest BCUT2D eigenvalue weighted by Crippen LogP contribution is 2.09. The summed E-state index contributed by atoms with van der Waals surface area (Å²) < 4.78 is 0. The first-order valence-electron chi connectivity index (χ1n) is 4.96. The van der Waals surface area contributed by atoms with Crippen molar-refractivity contribution in [2.45, 2.75) is 34.1 Å². The van der Waals surface area contributed by atoms with Crippen LogP contribution in [0, 0.1) is 0 Å². The minimum Gasteiger partial charge on any atom is -0.388 e. The maximum atomic E-state index is 3.66. The first kappa shape index (κ1) is 14.5. The summed E-state index contributed by atoms with van der Waals surface area (Å²) in [5, 5.41) is 3.13. The van der Waals surface area contributed by atoms with Gasteiger partial charge in [-0.1, -0.05) is 39.5 Å². The van der Waals surface area contributed by atoms with Crippen LogP contribution in [0.4, 0.5) is 0 Å². The van der Waals surface area contributed by atoms with Gasteiger partial charge in [0.1, 0.15) is 0 Å². The van der Waals surface area contributed by atoms with E-state index in [4.69, 9.17) is 0 Å². The lowest BCUT2D eigenvalue weighted by molar-refractivity contribution is 0.951. The van der Waals surface area contributed by atoms with Crippen LogP contribution in [0.3, 0.4) is 0 Å². The van der Waals surface area contributed by atoms with E-state index in [1.165, 1.54) is 5.57 Å². The van der Waals surface area contributed by atoms with Crippen molar-refractivity contribution in [2.75, 3.05) is 7.05 Å². The van der Waals surface area contributed by atoms with Crippen molar-refractivity contribution in [3.8, 4) is 0 Å². The molecule has 0 aliphatic rings. The largest absolute Gasteiger partial charge is 0.388 e. The van der Waals surface area contributed by atoms with Crippen molar-refractivity contribution in [3.05, 3.63) is 36.1 Å². The summed E-state index contributed by atoms with van der Waals surface area (Å²) in [4.78, 5) is 0. The van der Waals surface area contributed by atoms with Crippen molar-refractivity contribution < 1.29 is 0 Å². The summed E-state index contributed by atoms with van der Waals surface area (Å²) in [5.41, 5.74) is 2.48. The molecule has 0 aliphatic heterocycles. The molecule has 1 heteroatoms. The lowest BCUT2D eigenvalue weighted by atomic mass is 10.1. The maximum absolute atomic E-state index is 3.66. The zero-order chi connectivity index (χ0) is 10.7. The van der Waals surface area contributed by atoms with Crippen molar-refractivity contribution in [3.63, 3.8) is 0 Å². The van der Waals surface area contributed by atoms with E-state index in [1.54, 1.807) is 6.08 Å². The molecule has 0 bridgehead atoms. The van der Waals surface area contributed by atoms with Gasteiger partial charge in [-0.3, -0.25) is 0 Å². The van der Waals surface area contributed by atoms with Crippen LogP contribution in [0.15, 0.2) is 36.1 Å². The fourth-order valence-corrected chi connectivity index (χ4v) is 1.02. The Hall–Kier alpha value is -0.980. The van der Waals surface area contributed by atoms with Crippen LogP contribution in [0.25, 0.3) is 0 Å². The Labute approximate surface area is 83.2 Å². The second-order valence-electron chi connectivity index (χ2n) is 2.23. The van der Waals surface area contributed by atoms with Crippen LogP contribution in [-0.4, -0.2) is 7.05 Å². The van der Waals surface area contributed by atoms with Gasteiger partial charge in [-0.2, -0.15) is 0 Å². The van der Waals surface area contributed by atoms with E-state index in [0.717, 1.165) is 12.1 Å². The Bertz CT molecular complexity index is 176. The molecule has 1 N–H and O–H groups in total. The van der Waals surface area contributed by atoms with Gasteiger partial charge in [0.25, 0.3) is 0 Å². The first-order chi connectivity index (χ1) is 6.29. The minimum absolute atomic E-state index is 1.05. The Morgan fingerprint density at radius 2 is 1.92 bits per heavy atom. The molecule has 13 heavy (non-hydrogen) atoms. The molecular formula is C12H23N. The molecule has 1 nitrogen and oxygen atoms in total. The van der Waals surface area contributed by atoms with Gasteiger partial charge in [-0.25, -0.2) is 0 Å². The molecule has 0 unspecified atom stereocenters. The van der Waals surface area contributed by atoms with Gasteiger partial charge in [0, 0.05) is 12.7 Å². The van der Waals surface area contributed by atoms with E-state index >= 15 is 0 Å². The zero-order valence-corrected chi connectivity index (χ0v) is 9.65. The lowest BCUT2D eigenvalue weighted by Crippen LogP contribution is -2.07. The van der Waals surface area contributed by atoms with Gasteiger partial charge < -0.3 is 5.32 Å². The highest BCUT2D eigenvalue weighted by molar-refractivity contribution is 5.30. The molecule has 0 atom stereocenters. The summed E-state index contributed by atoms with van der Waals surface area (Å²) in [6.07, 6.45) is 6.95. The molecule has 0 spiro atoms. The molecule has 0 saturated carbocycles. The van der Waals surface area contributed by atoms with Crippen molar-refractivity contribution in [1.29, 1.82) is 0 Å². The number of allylic oxidation sites excluding steroid dienone is 4. The Kier molecular flexibility index (Phi) is 12.3. The number of nitrogens with one attached hydrogen (secondary N) is 1. The number of likely N-dealkylation sites (N-methyl/N-ethyl adjacent to an activating group) is 1. The Balaban J connectivity index is 0. The van der Waals surface area contributed by atoms with E-state index in [1.807, 2.05) is 33.9 Å². The second-order valence-corrected chi connectivity index (χ2v) is 2.23. The quantitative estimate of drug-likeness (QED) is 0.653. The van der Waals surface area contributed by atoms with Crippen LogP contribution in [-0.2, 0) is 0 Å². The molecule has 0 aromatic rings. The molecule has 0 aromatic carbocycles. The predicted octanol–water partition coefficient (Wildman–Crippen LogP) is 3.66. The average molecular weight is 181 g/mol. The summed E-state index contributed by atoms with van der Waals surface area (Å²) in [7, 11) is 1.93. The van der Waals surface area contributed by atoms with E-state index in [9.17, 15) is 0 Å². The molecule has 76 valence electrons. The minimum atomic E-state index is 1.05. The van der Waals surface area contributed by atoms with Gasteiger partial charge in [0.05, 0.1) is 0 Å². The van der Waals surface area contributed by atoms with E-state index in [-0.39, 0.29) is 0 Å². The average Bonchev–Trinajstić information content (AvgIpc) is 2.21. The van der Waals surface area contributed by atoms with Crippen LogP contribution in [0.1, 0.15) is 34.1 Å². The van der Waals surface area contributed by atoms with Crippen LogP contribution in [0.2, 0.25) is 0 Å². The molecule has 0 rings (SSSR count). The summed E-state index contributed by atoms with van der Waals surface area (Å²) in [6.45, 7) is 11.8. The predicted molar refractivity (Wildman–Crippen MR) is 62.7 cm³/mol. The Morgan fingerprint density at radius 3 is 2.15 bits per heavy atom. The van der Waals surface area contributed by atoms with Gasteiger partial charge in [0.2, 0.25) is 0 Å². The van der Waals surface area contributed by atoms with Crippen molar-refractivity contribution in [2.24, 2.45) is 0 Å². The SMILES string of the molecule is C=C/C=C(NC)\C(=C/C)CC.CC. The maximum Gasteiger partial charge on any atom is 0.0366 e. The molecule has 0 saturated heterocycles. The summed E-state index contributed by atoms with van der Waals surface area (Å²) in [5.74, 6) is 0. The molecular weight excluding hydrogens is 158 g/mol. The fourth-order valence-electron chi connectivity index (χ4n) is 1.02. The standard InChI is InChI=1S/C10H17N.C2H6/c1-5-8-10(11-4)9(6-2)7-3;1-2/h5-6,8,11H,1,7H2,2-4H3;1-2H3/b9-6-,10-8+;. The number of hydrogen-bond donors (Lipinski definition) is 1. The lowest BCUT2D eigenvalue weighted by Gasteiger charge is -2.07. The topological polar surface area (TPSA) is 12.0 Å². The highest BCUT2D eigenvalue weighted by atomic mass is 14.8. The van der Waals surface area contributed by atoms with E-state index < -0.39 is 0 Å². The fraction of sp³-hybridized carbons (Fsp3) is 0.500. The second kappa shape index (κ2) is 11.0. The highest BCUT2D eigenvalue weighted by Gasteiger charge is 1.96. The van der Waals surface area contributed by atoms with Gasteiger partial charge >= 0.3 is 0 Å². The van der Waals surface area contributed by atoms with Crippen LogP contribution >= 0.6 is 0 Å². The molecule has 0 aliphatic carbocycles. The van der Waals surface area contributed by atoms with Crippen LogP contribution < -0.4 is 5.32 Å². The molecule has 0 fully saturated rings. The van der Waals surface area contributed by atoms with Crippen molar-refractivity contribution in [1.82, 2.24) is 5.32 Å².